The van der Waals surface area contributed by atoms with Crippen molar-refractivity contribution in [3.8, 4) is 22.5 Å². The quantitative estimate of drug-likeness (QED) is 0.242. The van der Waals surface area contributed by atoms with Gasteiger partial charge in [-0.3, -0.25) is 0 Å². The lowest BCUT2D eigenvalue weighted by Gasteiger charge is -2.30. The Bertz CT molecular complexity index is 1860. The van der Waals surface area contributed by atoms with Crippen molar-refractivity contribution >= 4 is 33.1 Å². The van der Waals surface area contributed by atoms with Gasteiger partial charge in [-0.1, -0.05) is 66.7 Å². The molecule has 1 aliphatic rings. The number of aromatic nitrogens is 4. The molecule has 1 saturated heterocycles. The van der Waals surface area contributed by atoms with Crippen LogP contribution in [-0.2, 0) is 21.4 Å². The molecule has 1 fully saturated rings. The number of hydrogen-bond acceptors (Lipinski definition) is 7. The monoisotopic (exact) mass is 598 g/mol. The molecule has 222 valence electrons. The van der Waals surface area contributed by atoms with Gasteiger partial charge in [0, 0.05) is 30.1 Å². The second kappa shape index (κ2) is 11.6. The van der Waals surface area contributed by atoms with Crippen molar-refractivity contribution in [2.24, 2.45) is 0 Å². The number of fused-ring (bicyclic) bond motifs is 1. The van der Waals surface area contributed by atoms with Gasteiger partial charge in [0.05, 0.1) is 27.7 Å². The van der Waals surface area contributed by atoms with E-state index in [2.05, 4.69) is 9.97 Å². The fourth-order valence-corrected chi connectivity index (χ4v) is 6.60. The first-order valence-corrected chi connectivity index (χ1v) is 15.9. The number of nitrogens with zero attached hydrogens (tertiary/aromatic N) is 4. The van der Waals surface area contributed by atoms with Crippen molar-refractivity contribution in [1.82, 2.24) is 23.8 Å². The molecule has 0 saturated carbocycles. The number of nitrogens with two attached hydrogens (primary N) is 1. The Kier molecular flexibility index (Phi) is 7.66. The SMILES string of the molecule is CC(C)S(=O)(=O)n1c(N)nc2ccc(-c3nc(C4CCN(C(=O)OCc5ccccc5)CC4)[nH]c3-c3ccccc3)cc21. The number of carbonyl (C=O) groups excluding carboxylic acids is 1. The summed E-state index contributed by atoms with van der Waals surface area (Å²) >= 11 is 0. The molecule has 0 radical (unpaired) electrons. The number of aromatic amines is 1. The van der Waals surface area contributed by atoms with E-state index >= 15 is 0 Å². The lowest BCUT2D eigenvalue weighted by Crippen LogP contribution is -2.38. The maximum Gasteiger partial charge on any atom is 0.410 e. The van der Waals surface area contributed by atoms with E-state index in [1.165, 1.54) is 0 Å². The molecule has 2 aromatic heterocycles. The summed E-state index contributed by atoms with van der Waals surface area (Å²) in [4.78, 5) is 27.4. The minimum atomic E-state index is -3.74. The fraction of sp³-hybridized carbons (Fsp3) is 0.281. The third kappa shape index (κ3) is 5.60. The summed E-state index contributed by atoms with van der Waals surface area (Å²) < 4.78 is 33.0. The highest BCUT2D eigenvalue weighted by molar-refractivity contribution is 7.90. The number of ether oxygens (including phenoxy) is 1. The molecule has 43 heavy (non-hydrogen) atoms. The van der Waals surface area contributed by atoms with Gasteiger partial charge in [0.15, 0.2) is 0 Å². The largest absolute Gasteiger partial charge is 0.445 e. The maximum absolute atomic E-state index is 13.1. The molecular formula is C32H34N6O4S. The number of carbonyl (C=O) groups is 1. The Morgan fingerprint density at radius 1 is 0.977 bits per heavy atom. The molecular weight excluding hydrogens is 564 g/mol. The standard InChI is InChI=1S/C32H34N6O4S/c1-21(2)43(40,41)38-27-19-25(13-14-26(27)34-31(38)33)29-28(23-11-7-4-8-12-23)35-30(36-29)24-15-17-37(18-16-24)32(39)42-20-22-9-5-3-6-10-22/h3-14,19,21,24H,15-18,20H2,1-2H3,(H2,33,34)(H,35,36). The number of rotatable bonds is 7. The zero-order chi connectivity index (χ0) is 30.1. The van der Waals surface area contributed by atoms with Crippen LogP contribution < -0.4 is 5.73 Å². The summed E-state index contributed by atoms with van der Waals surface area (Å²) in [5.74, 6) is 0.871. The smallest absolute Gasteiger partial charge is 0.410 e. The lowest BCUT2D eigenvalue weighted by atomic mass is 9.96. The van der Waals surface area contributed by atoms with E-state index in [-0.39, 0.29) is 24.6 Å². The summed E-state index contributed by atoms with van der Waals surface area (Å²) in [5, 5.41) is -0.672. The Morgan fingerprint density at radius 2 is 1.65 bits per heavy atom. The first-order valence-electron chi connectivity index (χ1n) is 14.4. The molecule has 0 unspecified atom stereocenters. The van der Waals surface area contributed by atoms with Crippen LogP contribution in [0.25, 0.3) is 33.5 Å². The molecule has 0 bridgehead atoms. The molecule has 10 nitrogen and oxygen atoms in total. The number of H-pyrrole nitrogens is 1. The molecule has 11 heteroatoms. The van der Waals surface area contributed by atoms with Gasteiger partial charge >= 0.3 is 6.09 Å². The van der Waals surface area contributed by atoms with Crippen molar-refractivity contribution in [2.75, 3.05) is 18.8 Å². The van der Waals surface area contributed by atoms with Gasteiger partial charge in [-0.2, -0.15) is 0 Å². The predicted molar refractivity (Wildman–Crippen MR) is 167 cm³/mol. The van der Waals surface area contributed by atoms with Gasteiger partial charge in [-0.25, -0.2) is 27.2 Å². The molecule has 5 aromatic rings. The van der Waals surface area contributed by atoms with Crippen molar-refractivity contribution in [1.29, 1.82) is 0 Å². The van der Waals surface area contributed by atoms with Gasteiger partial charge in [0.25, 0.3) is 0 Å². The van der Waals surface area contributed by atoms with Crippen LogP contribution in [0, 0.1) is 0 Å². The van der Waals surface area contributed by atoms with Gasteiger partial charge < -0.3 is 20.4 Å². The molecule has 0 spiro atoms. The van der Waals surface area contributed by atoms with E-state index < -0.39 is 15.3 Å². The number of benzene rings is 3. The van der Waals surface area contributed by atoms with Crippen LogP contribution in [0.3, 0.4) is 0 Å². The number of likely N-dealkylation sites (tertiary alicyclic amines) is 1. The molecule has 6 rings (SSSR count). The second-order valence-corrected chi connectivity index (χ2v) is 13.4. The highest BCUT2D eigenvalue weighted by Gasteiger charge is 2.29. The summed E-state index contributed by atoms with van der Waals surface area (Å²) in [7, 11) is -3.74. The lowest BCUT2D eigenvalue weighted by molar-refractivity contribution is 0.0866. The number of anilines is 1. The van der Waals surface area contributed by atoms with E-state index in [1.807, 2.05) is 66.7 Å². The van der Waals surface area contributed by atoms with Crippen LogP contribution in [-0.4, -0.2) is 56.7 Å². The number of imidazole rings is 2. The van der Waals surface area contributed by atoms with Crippen molar-refractivity contribution in [3.05, 3.63) is 90.3 Å². The van der Waals surface area contributed by atoms with Crippen LogP contribution >= 0.6 is 0 Å². The third-order valence-electron chi connectivity index (χ3n) is 7.89. The number of nitrogens with one attached hydrogen (secondary N) is 1. The summed E-state index contributed by atoms with van der Waals surface area (Å²) in [6, 6.07) is 25.0. The van der Waals surface area contributed by atoms with E-state index in [4.69, 9.17) is 15.5 Å². The topological polar surface area (TPSA) is 136 Å². The molecule has 1 amide bonds. The molecule has 3 N–H and O–H groups in total. The second-order valence-electron chi connectivity index (χ2n) is 11.0. The minimum Gasteiger partial charge on any atom is -0.445 e. The van der Waals surface area contributed by atoms with Gasteiger partial charge in [0.2, 0.25) is 16.0 Å². The Hall–Kier alpha value is -4.64. The zero-order valence-corrected chi connectivity index (χ0v) is 24.9. The summed E-state index contributed by atoms with van der Waals surface area (Å²) in [6.45, 7) is 4.60. The average molecular weight is 599 g/mol. The van der Waals surface area contributed by atoms with Crippen LogP contribution in [0.4, 0.5) is 10.7 Å². The summed E-state index contributed by atoms with van der Waals surface area (Å²) in [5.41, 5.74) is 11.2. The van der Waals surface area contributed by atoms with Crippen LogP contribution in [0.15, 0.2) is 78.9 Å². The maximum atomic E-state index is 13.1. The van der Waals surface area contributed by atoms with E-state index in [1.54, 1.807) is 30.9 Å². The van der Waals surface area contributed by atoms with Crippen LogP contribution in [0.2, 0.25) is 0 Å². The molecule has 3 heterocycles. The molecule has 0 aliphatic carbocycles. The van der Waals surface area contributed by atoms with Crippen molar-refractivity contribution < 1.29 is 17.9 Å². The van der Waals surface area contributed by atoms with Crippen LogP contribution in [0.5, 0.6) is 0 Å². The van der Waals surface area contributed by atoms with E-state index in [0.717, 1.165) is 45.0 Å². The van der Waals surface area contributed by atoms with Gasteiger partial charge in [-0.05, 0) is 44.4 Å². The fourth-order valence-electron chi connectivity index (χ4n) is 5.45. The van der Waals surface area contributed by atoms with Crippen molar-refractivity contribution in [2.45, 2.75) is 44.5 Å². The normalized spacial score (nSPS) is 14.4. The molecule has 3 aromatic carbocycles. The Balaban J connectivity index is 1.29. The predicted octanol–water partition coefficient (Wildman–Crippen LogP) is 5.78. The van der Waals surface area contributed by atoms with Crippen LogP contribution in [0.1, 0.15) is 44.0 Å². The highest BCUT2D eigenvalue weighted by atomic mass is 32.2. The minimum absolute atomic E-state index is 0.0686. The third-order valence-corrected chi connectivity index (χ3v) is 9.97. The number of hydrogen-bond donors (Lipinski definition) is 2. The van der Waals surface area contributed by atoms with Gasteiger partial charge in [0.1, 0.15) is 12.4 Å². The Morgan fingerprint density at radius 3 is 2.33 bits per heavy atom. The van der Waals surface area contributed by atoms with E-state index in [9.17, 15) is 13.2 Å². The number of amides is 1. The van der Waals surface area contributed by atoms with E-state index in [0.29, 0.717) is 29.8 Å². The summed E-state index contributed by atoms with van der Waals surface area (Å²) in [6.07, 6.45) is 1.15. The number of piperidine rings is 1. The zero-order valence-electron chi connectivity index (χ0n) is 24.1. The Labute approximate surface area is 250 Å². The first-order chi connectivity index (χ1) is 20.7. The van der Waals surface area contributed by atoms with Crippen molar-refractivity contribution in [3.63, 3.8) is 0 Å². The average Bonchev–Trinajstić information content (AvgIpc) is 3.62. The highest BCUT2D eigenvalue weighted by Crippen LogP contribution is 2.36. The first kappa shape index (κ1) is 28.5. The molecule has 0 atom stereocenters. The molecule has 1 aliphatic heterocycles. The van der Waals surface area contributed by atoms with Gasteiger partial charge in [-0.15, -0.1) is 0 Å². The number of nitrogen functional groups attached to an aromatic ring is 1.